The smallest absolute Gasteiger partial charge is 0.254 e. The highest BCUT2D eigenvalue weighted by molar-refractivity contribution is 7.15. The van der Waals surface area contributed by atoms with E-state index in [1.54, 1.807) is 23.5 Å². The molecule has 1 aromatic heterocycles. The zero-order chi connectivity index (χ0) is 25.3. The third-order valence-electron chi connectivity index (χ3n) is 7.03. The zero-order valence-corrected chi connectivity index (χ0v) is 21.8. The summed E-state index contributed by atoms with van der Waals surface area (Å²) in [4.78, 5) is 29.3. The van der Waals surface area contributed by atoms with Crippen LogP contribution in [-0.2, 0) is 6.54 Å². The van der Waals surface area contributed by atoms with Gasteiger partial charge in [-0.15, -0.1) is 10.2 Å². The van der Waals surface area contributed by atoms with Gasteiger partial charge in [0.1, 0.15) is 5.01 Å². The van der Waals surface area contributed by atoms with Crippen molar-refractivity contribution < 1.29 is 9.59 Å². The summed E-state index contributed by atoms with van der Waals surface area (Å²) in [5.74, 6) is 0.118. The molecule has 2 N–H and O–H groups in total. The third kappa shape index (κ3) is 5.75. The summed E-state index contributed by atoms with van der Waals surface area (Å²) >= 11 is 1.60. The highest BCUT2D eigenvalue weighted by atomic mass is 32.1. The number of nitrogens with two attached hydrogens (primary N) is 1. The molecule has 36 heavy (non-hydrogen) atoms. The van der Waals surface area contributed by atoms with E-state index in [0.717, 1.165) is 47.3 Å². The van der Waals surface area contributed by atoms with Crippen LogP contribution in [0.3, 0.4) is 0 Å². The lowest BCUT2D eigenvalue weighted by molar-refractivity contribution is 0.0734. The van der Waals surface area contributed by atoms with Crippen LogP contribution in [0.1, 0.15) is 65.3 Å². The Morgan fingerprint density at radius 1 is 1.08 bits per heavy atom. The van der Waals surface area contributed by atoms with Crippen LogP contribution in [-0.4, -0.2) is 46.5 Å². The van der Waals surface area contributed by atoms with Gasteiger partial charge in [0, 0.05) is 30.8 Å². The van der Waals surface area contributed by atoms with E-state index >= 15 is 0 Å². The summed E-state index contributed by atoms with van der Waals surface area (Å²) in [6, 6.07) is 14.8. The van der Waals surface area contributed by atoms with Crippen molar-refractivity contribution in [1.82, 2.24) is 15.1 Å². The molecule has 1 saturated heterocycles. The third-order valence-corrected chi connectivity index (χ3v) is 8.00. The molecule has 188 valence electrons. The van der Waals surface area contributed by atoms with Crippen LogP contribution in [0, 0.1) is 11.3 Å². The lowest BCUT2D eigenvalue weighted by atomic mass is 9.84. The van der Waals surface area contributed by atoms with Gasteiger partial charge in [-0.1, -0.05) is 49.4 Å². The number of anilines is 1. The molecule has 1 saturated carbocycles. The monoisotopic (exact) mass is 503 g/mol. The van der Waals surface area contributed by atoms with Crippen molar-refractivity contribution in [2.24, 2.45) is 17.1 Å². The number of aromatic nitrogens is 2. The van der Waals surface area contributed by atoms with Gasteiger partial charge in [-0.05, 0) is 72.4 Å². The first-order valence-electron chi connectivity index (χ1n) is 12.6. The molecule has 0 atom stereocenters. The molecule has 7 nitrogen and oxygen atoms in total. The lowest BCUT2D eigenvalue weighted by Crippen LogP contribution is -2.40. The Kier molecular flexibility index (Phi) is 6.79. The van der Waals surface area contributed by atoms with Crippen LogP contribution < -0.4 is 10.6 Å². The molecule has 0 bridgehead atoms. The van der Waals surface area contributed by atoms with Crippen LogP contribution in [0.5, 0.6) is 0 Å². The predicted molar refractivity (Wildman–Crippen MR) is 143 cm³/mol. The molecule has 8 heteroatoms. The molecule has 2 aliphatic rings. The molecule has 2 heterocycles. The van der Waals surface area contributed by atoms with Crippen LogP contribution in [0.2, 0.25) is 0 Å². The first kappa shape index (κ1) is 24.4. The minimum Gasteiger partial charge on any atom is -0.366 e. The van der Waals surface area contributed by atoms with Crippen molar-refractivity contribution in [2.45, 2.75) is 46.1 Å². The number of amides is 2. The second-order valence-electron chi connectivity index (χ2n) is 10.8. The van der Waals surface area contributed by atoms with E-state index in [9.17, 15) is 9.59 Å². The van der Waals surface area contributed by atoms with E-state index in [4.69, 9.17) is 5.73 Å². The quantitative estimate of drug-likeness (QED) is 0.468. The Balaban J connectivity index is 1.33. The van der Waals surface area contributed by atoms with E-state index in [-0.39, 0.29) is 11.3 Å². The molecular formula is C28H33N5O2S. The van der Waals surface area contributed by atoms with Crippen molar-refractivity contribution in [2.75, 3.05) is 24.5 Å². The molecule has 2 fully saturated rings. The fraction of sp³-hybridized carbons (Fsp3) is 0.429. The summed E-state index contributed by atoms with van der Waals surface area (Å²) in [6.07, 6.45) is 4.73. The van der Waals surface area contributed by atoms with E-state index in [1.807, 2.05) is 41.3 Å². The van der Waals surface area contributed by atoms with Gasteiger partial charge in [0.25, 0.3) is 5.91 Å². The van der Waals surface area contributed by atoms with Crippen LogP contribution in [0.15, 0.2) is 48.5 Å². The van der Waals surface area contributed by atoms with Gasteiger partial charge in [-0.3, -0.25) is 9.59 Å². The Labute approximate surface area is 216 Å². The molecule has 3 aromatic rings. The number of piperidine rings is 1. The molecule has 2 aromatic carbocycles. The maximum atomic E-state index is 13.6. The number of rotatable bonds is 8. The van der Waals surface area contributed by atoms with E-state index in [1.165, 1.54) is 19.3 Å². The first-order valence-corrected chi connectivity index (χ1v) is 13.5. The van der Waals surface area contributed by atoms with Gasteiger partial charge >= 0.3 is 0 Å². The van der Waals surface area contributed by atoms with Gasteiger partial charge in [-0.2, -0.15) is 0 Å². The first-order chi connectivity index (χ1) is 17.3. The lowest BCUT2D eigenvalue weighted by Gasteiger charge is -2.37. The molecule has 5 rings (SSSR count). The number of carbonyl (C=O) groups excluding carboxylic acids is 2. The Bertz CT molecular complexity index is 1250. The molecule has 2 amide bonds. The van der Waals surface area contributed by atoms with Gasteiger partial charge in [0.15, 0.2) is 0 Å². The minimum atomic E-state index is -0.454. The van der Waals surface area contributed by atoms with Crippen molar-refractivity contribution in [3.63, 3.8) is 0 Å². The second kappa shape index (κ2) is 10.0. The number of carbonyl (C=O) groups is 2. The SMILES string of the molecule is CC1(C)CCCN(c2nnc(CN(CC3CC3)C(=O)c3cccc(-c4ccc(C(N)=O)cc4)c3)s2)C1. The number of benzene rings is 2. The fourth-order valence-corrected chi connectivity index (χ4v) is 5.74. The van der Waals surface area contributed by atoms with Gasteiger partial charge in [-0.25, -0.2) is 0 Å². The van der Waals surface area contributed by atoms with E-state index in [0.29, 0.717) is 23.6 Å². The van der Waals surface area contributed by atoms with Gasteiger partial charge < -0.3 is 15.5 Å². The van der Waals surface area contributed by atoms with Crippen molar-refractivity contribution >= 4 is 28.3 Å². The predicted octanol–water partition coefficient (Wildman–Crippen LogP) is 4.98. The maximum Gasteiger partial charge on any atom is 0.254 e. The molecule has 1 aliphatic carbocycles. The van der Waals surface area contributed by atoms with Crippen LogP contribution >= 0.6 is 11.3 Å². The summed E-state index contributed by atoms with van der Waals surface area (Å²) in [6.45, 7) is 7.81. The standard InChI is InChI=1S/C28H33N5O2S/c1-28(2)13-4-14-32(18-28)27-31-30-24(36-27)17-33(16-19-7-8-19)26(35)23-6-3-5-22(15-23)20-9-11-21(12-10-20)25(29)34/h3,5-6,9-12,15,19H,4,7-8,13-14,16-18H2,1-2H3,(H2,29,34). The topological polar surface area (TPSA) is 92.4 Å². The molecule has 1 aliphatic heterocycles. The van der Waals surface area contributed by atoms with Crippen molar-refractivity contribution in [3.8, 4) is 11.1 Å². The Morgan fingerprint density at radius 3 is 2.56 bits per heavy atom. The summed E-state index contributed by atoms with van der Waals surface area (Å²) < 4.78 is 0. The largest absolute Gasteiger partial charge is 0.366 e. The average Bonchev–Trinajstić information content (AvgIpc) is 3.56. The van der Waals surface area contributed by atoms with Gasteiger partial charge in [0.05, 0.1) is 6.54 Å². The molecule has 0 unspecified atom stereocenters. The fourth-order valence-electron chi connectivity index (χ4n) is 4.86. The summed E-state index contributed by atoms with van der Waals surface area (Å²) in [7, 11) is 0. The van der Waals surface area contributed by atoms with E-state index < -0.39 is 5.91 Å². The highest BCUT2D eigenvalue weighted by Crippen LogP contribution is 2.34. The number of hydrogen-bond acceptors (Lipinski definition) is 6. The molecule has 0 spiro atoms. The number of hydrogen-bond donors (Lipinski definition) is 1. The second-order valence-corrected chi connectivity index (χ2v) is 11.9. The Hall–Kier alpha value is -3.26. The molecule has 0 radical (unpaired) electrons. The minimum absolute atomic E-state index is 0.00774. The Morgan fingerprint density at radius 2 is 1.86 bits per heavy atom. The van der Waals surface area contributed by atoms with Crippen LogP contribution in [0.25, 0.3) is 11.1 Å². The highest BCUT2D eigenvalue weighted by Gasteiger charge is 2.30. The number of primary amides is 1. The number of nitrogens with zero attached hydrogens (tertiary/aromatic N) is 4. The maximum absolute atomic E-state index is 13.6. The van der Waals surface area contributed by atoms with E-state index in [2.05, 4.69) is 28.9 Å². The van der Waals surface area contributed by atoms with Crippen molar-refractivity contribution in [3.05, 3.63) is 64.7 Å². The molecular weight excluding hydrogens is 470 g/mol. The average molecular weight is 504 g/mol. The van der Waals surface area contributed by atoms with Crippen molar-refractivity contribution in [1.29, 1.82) is 0 Å². The normalized spacial score (nSPS) is 17.1. The summed E-state index contributed by atoms with van der Waals surface area (Å²) in [5.41, 5.74) is 8.61. The zero-order valence-electron chi connectivity index (χ0n) is 20.9. The van der Waals surface area contributed by atoms with Gasteiger partial charge in [0.2, 0.25) is 11.0 Å². The van der Waals surface area contributed by atoms with Crippen LogP contribution in [0.4, 0.5) is 5.13 Å². The summed E-state index contributed by atoms with van der Waals surface area (Å²) in [5, 5.41) is 10.8.